The lowest BCUT2D eigenvalue weighted by Crippen LogP contribution is -2.19. The molecule has 0 bridgehead atoms. The van der Waals surface area contributed by atoms with Gasteiger partial charge in [-0.15, -0.1) is 0 Å². The zero-order chi connectivity index (χ0) is 32.8. The minimum absolute atomic E-state index is 0.699. The average molecular weight is 625 g/mol. The highest BCUT2D eigenvalue weighted by Crippen LogP contribution is 2.43. The minimum atomic E-state index is 0.699. The van der Waals surface area contributed by atoms with Gasteiger partial charge < -0.3 is 17.7 Å². The van der Waals surface area contributed by atoms with E-state index in [1.165, 1.54) is 0 Å². The van der Waals surface area contributed by atoms with Crippen molar-refractivity contribution >= 4 is 92.0 Å². The van der Waals surface area contributed by atoms with E-state index >= 15 is 0 Å². The average Bonchev–Trinajstić information content (AvgIpc) is 3.83. The van der Waals surface area contributed by atoms with Crippen molar-refractivity contribution in [3.8, 4) is 0 Å². The van der Waals surface area contributed by atoms with Crippen LogP contribution in [0.1, 0.15) is 53.4 Å². The van der Waals surface area contributed by atoms with Crippen molar-refractivity contribution in [1.82, 2.24) is 0 Å². The van der Waals surface area contributed by atoms with Crippen LogP contribution in [-0.2, 0) is 0 Å². The number of hydrogen-bond acceptors (Lipinski definition) is 4. The fraction of sp³-hybridized carbons (Fsp3) is 0.0455. The van der Waals surface area contributed by atoms with Gasteiger partial charge >= 0.3 is 0 Å². The number of para-hydroxylation sites is 2. The molecular weight excluding hydrogens is 592 g/mol. The molecule has 48 heavy (non-hydrogen) atoms. The second-order valence-electron chi connectivity index (χ2n) is 11.6. The summed E-state index contributed by atoms with van der Waals surface area (Å²) in [5.41, 5.74) is 8.25. The third-order valence-electron chi connectivity index (χ3n) is 8.75. The third-order valence-corrected chi connectivity index (χ3v) is 8.75. The fourth-order valence-electron chi connectivity index (χ4n) is 6.64. The highest BCUT2D eigenvalue weighted by molar-refractivity contribution is 6.14. The van der Waals surface area contributed by atoms with E-state index in [1.54, 1.807) is 0 Å². The van der Waals surface area contributed by atoms with Crippen molar-refractivity contribution < 1.29 is 17.7 Å². The van der Waals surface area contributed by atoms with E-state index in [9.17, 15) is 0 Å². The second-order valence-corrected chi connectivity index (χ2v) is 11.6. The Balaban J connectivity index is 1.53. The van der Waals surface area contributed by atoms with E-state index in [0.717, 1.165) is 82.7 Å². The Hall–Kier alpha value is -6.26. The molecule has 0 fully saturated rings. The molecule has 232 valence electrons. The molecule has 0 radical (unpaired) electrons. The van der Waals surface area contributed by atoms with E-state index in [2.05, 4.69) is 49.6 Å². The Morgan fingerprint density at radius 1 is 0.625 bits per heavy atom. The van der Waals surface area contributed by atoms with E-state index in [1.807, 2.05) is 111 Å². The van der Waals surface area contributed by atoms with Crippen LogP contribution >= 0.6 is 0 Å². The first-order valence-corrected chi connectivity index (χ1v) is 16.0. The summed E-state index contributed by atoms with van der Waals surface area (Å²) in [5.74, 6) is 2.17. The maximum Gasteiger partial charge on any atom is 0.147 e. The van der Waals surface area contributed by atoms with Crippen molar-refractivity contribution in [2.24, 2.45) is 0 Å². The SMILES string of the molecule is C=Cc1c(/C=C\C)oc2c(C3=C\c4oc5ccccc5c4\C=c4/c(oc5ccccc45)=C/C=C\C=C/3)c3oc(/C=C\C)c(C=C)c3cc12. The Labute approximate surface area is 277 Å². The summed E-state index contributed by atoms with van der Waals surface area (Å²) in [4.78, 5) is 0. The first-order chi connectivity index (χ1) is 23.6. The molecule has 8 rings (SSSR count). The molecule has 4 heterocycles. The summed E-state index contributed by atoms with van der Waals surface area (Å²) in [6.07, 6.45) is 25.9. The molecule has 1 aliphatic carbocycles. The Morgan fingerprint density at radius 3 is 1.90 bits per heavy atom. The molecule has 0 saturated carbocycles. The molecule has 4 nitrogen and oxygen atoms in total. The van der Waals surface area contributed by atoms with Crippen LogP contribution in [0.5, 0.6) is 0 Å². The lowest BCUT2D eigenvalue weighted by Gasteiger charge is -2.07. The molecule has 0 amide bonds. The minimum Gasteiger partial charge on any atom is -0.456 e. The number of rotatable bonds is 5. The highest BCUT2D eigenvalue weighted by Gasteiger charge is 2.24. The monoisotopic (exact) mass is 624 g/mol. The van der Waals surface area contributed by atoms with Crippen molar-refractivity contribution in [1.29, 1.82) is 0 Å². The summed E-state index contributed by atoms with van der Waals surface area (Å²) >= 11 is 0. The maximum absolute atomic E-state index is 6.66. The van der Waals surface area contributed by atoms with E-state index in [-0.39, 0.29) is 0 Å². The maximum atomic E-state index is 6.66. The van der Waals surface area contributed by atoms with E-state index in [4.69, 9.17) is 17.7 Å². The summed E-state index contributed by atoms with van der Waals surface area (Å²) in [6, 6.07) is 18.3. The number of hydrogen-bond donors (Lipinski definition) is 0. The van der Waals surface area contributed by atoms with Gasteiger partial charge in [-0.1, -0.05) is 98.2 Å². The highest BCUT2D eigenvalue weighted by atomic mass is 16.4. The fourth-order valence-corrected chi connectivity index (χ4v) is 6.64. The van der Waals surface area contributed by atoms with Crippen LogP contribution in [-0.4, -0.2) is 0 Å². The first-order valence-electron chi connectivity index (χ1n) is 16.0. The lowest BCUT2D eigenvalue weighted by molar-refractivity contribution is 0.575. The van der Waals surface area contributed by atoms with E-state index in [0.29, 0.717) is 16.9 Å². The van der Waals surface area contributed by atoms with Crippen molar-refractivity contribution in [3.63, 3.8) is 0 Å². The number of furan rings is 4. The van der Waals surface area contributed by atoms with Gasteiger partial charge in [0.2, 0.25) is 0 Å². The molecule has 1 aliphatic rings. The van der Waals surface area contributed by atoms with Crippen molar-refractivity contribution in [3.05, 3.63) is 154 Å². The molecule has 0 unspecified atom stereocenters. The van der Waals surface area contributed by atoms with Gasteiger partial charge in [0.05, 0.1) is 5.56 Å². The van der Waals surface area contributed by atoms with Gasteiger partial charge in [0.15, 0.2) is 0 Å². The predicted octanol–water partition coefficient (Wildman–Crippen LogP) is 11.3. The van der Waals surface area contributed by atoms with Gasteiger partial charge in [0.1, 0.15) is 45.0 Å². The summed E-state index contributed by atoms with van der Waals surface area (Å²) < 4.78 is 26.3. The third kappa shape index (κ3) is 4.61. The van der Waals surface area contributed by atoms with Crippen molar-refractivity contribution in [2.75, 3.05) is 0 Å². The van der Waals surface area contributed by atoms with Crippen LogP contribution in [0, 0.1) is 0 Å². The van der Waals surface area contributed by atoms with Gasteiger partial charge in [-0.2, -0.15) is 0 Å². The molecule has 4 heteroatoms. The molecular formula is C44H32O4. The van der Waals surface area contributed by atoms with Crippen LogP contribution in [0.4, 0.5) is 0 Å². The van der Waals surface area contributed by atoms with Gasteiger partial charge in [-0.05, 0) is 68.0 Å². The van der Waals surface area contributed by atoms with Gasteiger partial charge in [-0.25, -0.2) is 0 Å². The lowest BCUT2D eigenvalue weighted by atomic mass is 9.95. The van der Waals surface area contributed by atoms with Crippen molar-refractivity contribution in [2.45, 2.75) is 13.8 Å². The first kappa shape index (κ1) is 29.2. The molecule has 0 spiro atoms. The smallest absolute Gasteiger partial charge is 0.147 e. The zero-order valence-electron chi connectivity index (χ0n) is 26.7. The van der Waals surface area contributed by atoms with Crippen LogP contribution in [0.15, 0.2) is 122 Å². The Bertz CT molecular complexity index is 2640. The normalized spacial score (nSPS) is 17.3. The zero-order valence-corrected chi connectivity index (χ0v) is 26.7. The topological polar surface area (TPSA) is 52.6 Å². The number of allylic oxidation sites excluding steroid dienone is 7. The molecule has 0 atom stereocenters. The quantitative estimate of drug-likeness (QED) is 0.191. The Morgan fingerprint density at radius 2 is 1.25 bits per heavy atom. The molecule has 0 aliphatic heterocycles. The molecule has 0 saturated heterocycles. The standard InChI is InChI=1S/C44H32O4/c1-5-16-36-28(7-3)34-26-35-29(8-4)37(17-6-2)48-44(35)42(43(34)47-36)27-18-10-9-11-21-40-32(30-19-12-14-22-38(30)45-40)25-33-31-20-13-15-23-39(31)46-41(33)24-27/h5-26H,3-4H2,1-2H3/b10-9?,11-9-,16-5-,17-6-,18-10-,21-11?,27-18?,27-24+,32-25-,33-25?,40-21-,41-24?. The van der Waals surface area contributed by atoms with Gasteiger partial charge in [0.25, 0.3) is 0 Å². The second kappa shape index (κ2) is 11.8. The summed E-state index contributed by atoms with van der Waals surface area (Å²) in [6.45, 7) is 12.2. The molecule has 0 N–H and O–H groups in total. The van der Waals surface area contributed by atoms with Crippen LogP contribution in [0.2, 0.25) is 0 Å². The summed E-state index contributed by atoms with van der Waals surface area (Å²) in [5, 5.41) is 4.90. The largest absolute Gasteiger partial charge is 0.456 e. The van der Waals surface area contributed by atoms with Crippen LogP contribution < -0.4 is 10.6 Å². The van der Waals surface area contributed by atoms with Gasteiger partial charge in [0, 0.05) is 43.5 Å². The Kier molecular flexibility index (Phi) is 7.19. The van der Waals surface area contributed by atoms with E-state index < -0.39 is 0 Å². The van der Waals surface area contributed by atoms with Crippen LogP contribution in [0.3, 0.4) is 0 Å². The summed E-state index contributed by atoms with van der Waals surface area (Å²) in [7, 11) is 0. The van der Waals surface area contributed by atoms with Gasteiger partial charge in [-0.3, -0.25) is 0 Å². The predicted molar refractivity (Wildman–Crippen MR) is 201 cm³/mol. The van der Waals surface area contributed by atoms with Crippen LogP contribution in [0.25, 0.3) is 92.0 Å². The number of benzene rings is 3. The number of fused-ring (bicyclic) bond motifs is 8. The molecule has 3 aromatic carbocycles. The molecule has 7 aromatic rings. The molecule has 4 aromatic heterocycles.